The number of allylic oxidation sites excluding steroid dienone is 1. The van der Waals surface area contributed by atoms with Gasteiger partial charge in [0.15, 0.2) is 17.3 Å². The molecule has 1 aliphatic heterocycles. The first-order valence-corrected chi connectivity index (χ1v) is 11.1. The number of carbonyl (C=O) groups is 1. The first-order valence-electron chi connectivity index (χ1n) is 11.1. The lowest BCUT2D eigenvalue weighted by Gasteiger charge is -2.30. The lowest BCUT2D eigenvalue weighted by Crippen LogP contribution is -2.27. The number of benzene rings is 2. The quantitative estimate of drug-likeness (QED) is 0.537. The number of nitrogens with zero attached hydrogens (tertiary/aromatic N) is 2. The van der Waals surface area contributed by atoms with E-state index in [0.717, 1.165) is 22.6 Å². The third-order valence-electron chi connectivity index (χ3n) is 6.44. The maximum Gasteiger partial charge on any atom is 0.219 e. The molecular formula is C25H26N4O6. The van der Waals surface area contributed by atoms with Gasteiger partial charge in [-0.25, -0.2) is 4.63 Å². The van der Waals surface area contributed by atoms with Crippen LogP contribution in [0.15, 0.2) is 52.3 Å². The van der Waals surface area contributed by atoms with Crippen molar-refractivity contribution in [2.24, 2.45) is 0 Å². The second-order valence-corrected chi connectivity index (χ2v) is 8.32. The lowest BCUT2D eigenvalue weighted by molar-refractivity contribution is -0.116. The molecule has 0 spiro atoms. The molecule has 1 aliphatic carbocycles. The van der Waals surface area contributed by atoms with Crippen molar-refractivity contribution >= 4 is 17.4 Å². The van der Waals surface area contributed by atoms with Crippen molar-refractivity contribution in [3.05, 3.63) is 58.8 Å². The number of ether oxygens (including phenoxy) is 4. The SMILES string of the molecule is COc1ccc([C@H]2CC(=O)C3=C(C2)Nc2nonc2N[C@@H]3c2cc(OC)c(OC)c(OC)c2)cc1. The number of aromatic nitrogens is 2. The zero-order valence-corrected chi connectivity index (χ0v) is 19.9. The molecule has 2 atom stereocenters. The van der Waals surface area contributed by atoms with E-state index in [4.69, 9.17) is 23.6 Å². The fourth-order valence-corrected chi connectivity index (χ4v) is 4.73. The normalized spacial score (nSPS) is 19.0. The molecule has 0 radical (unpaired) electrons. The topological polar surface area (TPSA) is 117 Å². The van der Waals surface area contributed by atoms with Crippen molar-refractivity contribution in [3.8, 4) is 23.0 Å². The van der Waals surface area contributed by atoms with Gasteiger partial charge in [0.05, 0.1) is 34.5 Å². The minimum atomic E-state index is -0.538. The van der Waals surface area contributed by atoms with Gasteiger partial charge < -0.3 is 29.6 Å². The molecule has 10 heteroatoms. The van der Waals surface area contributed by atoms with Gasteiger partial charge in [-0.15, -0.1) is 0 Å². The summed E-state index contributed by atoms with van der Waals surface area (Å²) in [5, 5.41) is 14.6. The van der Waals surface area contributed by atoms with Crippen molar-refractivity contribution in [2.75, 3.05) is 39.1 Å². The second-order valence-electron chi connectivity index (χ2n) is 8.32. The van der Waals surface area contributed by atoms with E-state index in [1.807, 2.05) is 36.4 Å². The highest BCUT2D eigenvalue weighted by molar-refractivity contribution is 6.01. The summed E-state index contributed by atoms with van der Waals surface area (Å²) in [7, 11) is 6.29. The minimum Gasteiger partial charge on any atom is -0.497 e. The van der Waals surface area contributed by atoms with E-state index in [1.165, 1.54) is 0 Å². The highest BCUT2D eigenvalue weighted by Crippen LogP contribution is 2.46. The van der Waals surface area contributed by atoms with E-state index in [2.05, 4.69) is 20.9 Å². The molecule has 2 aliphatic rings. The van der Waals surface area contributed by atoms with Crippen molar-refractivity contribution in [3.63, 3.8) is 0 Å². The molecule has 182 valence electrons. The number of nitrogens with one attached hydrogen (secondary N) is 2. The Kier molecular flexibility index (Phi) is 5.94. The van der Waals surface area contributed by atoms with Gasteiger partial charge >= 0.3 is 0 Å². The molecule has 2 N–H and O–H groups in total. The summed E-state index contributed by atoms with van der Waals surface area (Å²) in [5.41, 5.74) is 3.19. The summed E-state index contributed by atoms with van der Waals surface area (Å²) in [4.78, 5) is 13.7. The smallest absolute Gasteiger partial charge is 0.219 e. The molecule has 0 amide bonds. The summed E-state index contributed by atoms with van der Waals surface area (Å²) in [6, 6.07) is 10.9. The largest absolute Gasteiger partial charge is 0.497 e. The zero-order chi connectivity index (χ0) is 24.5. The molecule has 0 fully saturated rings. The van der Waals surface area contributed by atoms with Gasteiger partial charge in [0, 0.05) is 17.7 Å². The molecule has 0 saturated heterocycles. The zero-order valence-electron chi connectivity index (χ0n) is 19.9. The molecule has 10 nitrogen and oxygen atoms in total. The van der Waals surface area contributed by atoms with E-state index in [9.17, 15) is 4.79 Å². The monoisotopic (exact) mass is 478 g/mol. The van der Waals surface area contributed by atoms with Gasteiger partial charge in [0.25, 0.3) is 0 Å². The Balaban J connectivity index is 1.60. The van der Waals surface area contributed by atoms with Crippen LogP contribution in [0.1, 0.15) is 35.9 Å². The van der Waals surface area contributed by atoms with Crippen molar-refractivity contribution in [1.29, 1.82) is 0 Å². The summed E-state index contributed by atoms with van der Waals surface area (Å²) >= 11 is 0. The number of anilines is 2. The van der Waals surface area contributed by atoms with Crippen LogP contribution in [0, 0.1) is 0 Å². The molecule has 3 aromatic rings. The predicted octanol–water partition coefficient (Wildman–Crippen LogP) is 4.08. The first-order chi connectivity index (χ1) is 17.1. The standard InChI is InChI=1S/C25H26N4O6/c1-31-16-7-5-13(6-8-16)14-9-17-21(18(30)10-14)22(27-25-24(26-17)28-35-29-25)15-11-19(32-2)23(34-4)20(12-15)33-3/h5-8,11-12,14,22H,9-10H2,1-4H3,(H,26,28)(H,27,29)/t14-,22-/m1/s1. The van der Waals surface area contributed by atoms with Gasteiger partial charge in [-0.1, -0.05) is 12.1 Å². The fraction of sp³-hybridized carbons (Fsp3) is 0.320. The molecule has 2 aromatic carbocycles. The third kappa shape index (κ3) is 4.01. The van der Waals surface area contributed by atoms with Gasteiger partial charge in [0.1, 0.15) is 5.75 Å². The Bertz CT molecular complexity index is 1260. The van der Waals surface area contributed by atoms with Crippen LogP contribution in [0.25, 0.3) is 0 Å². The number of methoxy groups -OCH3 is 4. The number of Topliss-reactive ketones (excluding diaryl/α,β-unsaturated/α-hetero) is 1. The highest BCUT2D eigenvalue weighted by atomic mass is 16.6. The van der Waals surface area contributed by atoms with Crippen molar-refractivity contribution < 1.29 is 28.4 Å². The Morgan fingerprint density at radius 3 is 2.17 bits per heavy atom. The van der Waals surface area contributed by atoms with E-state index in [1.54, 1.807) is 28.4 Å². The van der Waals surface area contributed by atoms with E-state index in [0.29, 0.717) is 47.3 Å². The van der Waals surface area contributed by atoms with Crippen molar-refractivity contribution in [1.82, 2.24) is 10.3 Å². The van der Waals surface area contributed by atoms with Crippen LogP contribution in [0.4, 0.5) is 11.6 Å². The Labute approximate surface area is 202 Å². The molecule has 2 heterocycles. The first kappa shape index (κ1) is 22.6. The Morgan fingerprint density at radius 2 is 1.54 bits per heavy atom. The van der Waals surface area contributed by atoms with Crippen LogP contribution < -0.4 is 29.6 Å². The summed E-state index contributed by atoms with van der Waals surface area (Å²) < 4.78 is 26.8. The molecule has 0 bridgehead atoms. The summed E-state index contributed by atoms with van der Waals surface area (Å²) in [6.45, 7) is 0. The molecular weight excluding hydrogens is 452 g/mol. The summed E-state index contributed by atoms with van der Waals surface area (Å²) in [5.74, 6) is 3.07. The highest BCUT2D eigenvalue weighted by Gasteiger charge is 2.38. The predicted molar refractivity (Wildman–Crippen MR) is 127 cm³/mol. The molecule has 0 saturated carbocycles. The van der Waals surface area contributed by atoms with Crippen LogP contribution in [-0.4, -0.2) is 44.5 Å². The summed E-state index contributed by atoms with van der Waals surface area (Å²) in [6.07, 6.45) is 0.979. The average molecular weight is 479 g/mol. The van der Waals surface area contributed by atoms with Crippen LogP contribution in [0.3, 0.4) is 0 Å². The van der Waals surface area contributed by atoms with Crippen LogP contribution in [-0.2, 0) is 4.79 Å². The average Bonchev–Trinajstić information content (AvgIpc) is 3.26. The second kappa shape index (κ2) is 9.21. The van der Waals surface area contributed by atoms with E-state index >= 15 is 0 Å². The van der Waals surface area contributed by atoms with E-state index in [-0.39, 0.29) is 11.7 Å². The number of fused-ring (bicyclic) bond motifs is 1. The lowest BCUT2D eigenvalue weighted by atomic mass is 9.78. The Morgan fingerprint density at radius 1 is 0.857 bits per heavy atom. The number of ketones is 1. The molecule has 35 heavy (non-hydrogen) atoms. The van der Waals surface area contributed by atoms with Crippen LogP contribution in [0.2, 0.25) is 0 Å². The molecule has 5 rings (SSSR count). The van der Waals surface area contributed by atoms with Crippen LogP contribution >= 0.6 is 0 Å². The number of rotatable bonds is 6. The number of hydrogen-bond donors (Lipinski definition) is 2. The fourth-order valence-electron chi connectivity index (χ4n) is 4.73. The molecule has 0 unspecified atom stereocenters. The number of carbonyl (C=O) groups excluding carboxylic acids is 1. The van der Waals surface area contributed by atoms with Gasteiger partial charge in [-0.2, -0.15) is 0 Å². The third-order valence-corrected chi connectivity index (χ3v) is 6.44. The number of hydrogen-bond acceptors (Lipinski definition) is 10. The Hall–Kier alpha value is -4.21. The van der Waals surface area contributed by atoms with Gasteiger partial charge in [-0.05, 0) is 58.0 Å². The van der Waals surface area contributed by atoms with Gasteiger partial charge in [-0.3, -0.25) is 4.79 Å². The van der Waals surface area contributed by atoms with Crippen molar-refractivity contribution in [2.45, 2.75) is 24.8 Å². The minimum absolute atomic E-state index is 0.00153. The maximum absolute atomic E-state index is 13.7. The van der Waals surface area contributed by atoms with Crippen LogP contribution in [0.5, 0.6) is 23.0 Å². The van der Waals surface area contributed by atoms with E-state index < -0.39 is 6.04 Å². The molecule has 1 aromatic heterocycles. The van der Waals surface area contributed by atoms with Gasteiger partial charge in [0.2, 0.25) is 17.4 Å². The maximum atomic E-state index is 13.7.